The van der Waals surface area contributed by atoms with Gasteiger partial charge in [-0.1, -0.05) is 12.8 Å². The van der Waals surface area contributed by atoms with Crippen LogP contribution in [0.3, 0.4) is 0 Å². The number of rotatable bonds is 10. The molecule has 10 heteroatoms. The zero-order valence-corrected chi connectivity index (χ0v) is 20.6. The van der Waals surface area contributed by atoms with E-state index < -0.39 is 5.09 Å². The molecule has 0 saturated heterocycles. The van der Waals surface area contributed by atoms with E-state index in [-0.39, 0.29) is 12.2 Å². The van der Waals surface area contributed by atoms with Crippen molar-refractivity contribution < 1.29 is 14.7 Å². The molecule has 0 atom stereocenters. The second-order valence-corrected chi connectivity index (χ2v) is 9.93. The van der Waals surface area contributed by atoms with Gasteiger partial charge in [0.1, 0.15) is 16.4 Å². The molecule has 0 aliphatic carbocycles. The highest BCUT2D eigenvalue weighted by Crippen LogP contribution is 2.34. The molecule has 1 aliphatic heterocycles. The van der Waals surface area contributed by atoms with E-state index >= 15 is 0 Å². The molecule has 0 unspecified atom stereocenters. The van der Waals surface area contributed by atoms with E-state index in [9.17, 15) is 14.9 Å². The number of benzene rings is 1. The predicted octanol–water partition coefficient (Wildman–Crippen LogP) is 4.40. The average molecular weight is 487 g/mol. The lowest BCUT2D eigenvalue weighted by atomic mass is 10.0. The summed E-state index contributed by atoms with van der Waals surface area (Å²) in [7, 11) is 2.10. The summed E-state index contributed by atoms with van der Waals surface area (Å²) < 4.78 is 6.03. The van der Waals surface area contributed by atoms with Gasteiger partial charge in [0.05, 0.1) is 18.6 Å². The van der Waals surface area contributed by atoms with Gasteiger partial charge in [-0.2, -0.15) is 0 Å². The first-order valence-corrected chi connectivity index (χ1v) is 12.4. The number of hydrogen-bond donors (Lipinski definition) is 1. The average Bonchev–Trinajstić information content (AvgIpc) is 3.14. The Bertz CT molecular complexity index is 1230. The maximum atomic E-state index is 13.0. The number of fused-ring (bicyclic) bond motifs is 3. The van der Waals surface area contributed by atoms with Gasteiger partial charge < -0.3 is 19.5 Å². The molecule has 0 bridgehead atoms. The maximum Gasteiger partial charge on any atom is 0.294 e. The lowest BCUT2D eigenvalue weighted by Crippen LogP contribution is -2.25. The number of H-pyrrole nitrogens is 1. The Morgan fingerprint density at radius 1 is 1.18 bits per heavy atom. The fraction of sp³-hybridized carbons (Fsp3) is 0.500. The number of hydrogen-bond acceptors (Lipinski definition) is 8. The number of thiophene rings is 1. The number of aromatic nitrogens is 2. The monoisotopic (exact) mass is 486 g/mol. The topological polar surface area (TPSA) is 111 Å². The van der Waals surface area contributed by atoms with Crippen molar-refractivity contribution in [3.63, 3.8) is 0 Å². The van der Waals surface area contributed by atoms with E-state index in [1.54, 1.807) is 11.3 Å². The largest absolute Gasteiger partial charge is 0.493 e. The highest BCUT2D eigenvalue weighted by atomic mass is 32.1. The van der Waals surface area contributed by atoms with Crippen LogP contribution in [0.25, 0.3) is 21.6 Å². The minimum atomic E-state index is -0.756. The molecular weight excluding hydrogens is 456 g/mol. The standard InChI is InChI=1S/C24H30N4O5S/c1-15-12-17(13-16(2)21(15)32-10-6-4-5-7-11-33-28(30)31)22-25-23(29)20-18-8-9-27(3)14-19(18)34-24(20)26-22/h12-13H,4-11,14H2,1-3H3,(H,25,26,29). The van der Waals surface area contributed by atoms with Gasteiger partial charge in [-0.25, -0.2) is 4.98 Å². The molecule has 4 rings (SSSR count). The Balaban J connectivity index is 1.43. The van der Waals surface area contributed by atoms with E-state index in [1.807, 2.05) is 26.0 Å². The van der Waals surface area contributed by atoms with Gasteiger partial charge in [0.15, 0.2) is 0 Å². The second-order valence-electron chi connectivity index (χ2n) is 8.84. The smallest absolute Gasteiger partial charge is 0.294 e. The van der Waals surface area contributed by atoms with Crippen molar-refractivity contribution in [2.24, 2.45) is 0 Å². The van der Waals surface area contributed by atoms with Crippen LogP contribution in [0.15, 0.2) is 16.9 Å². The highest BCUT2D eigenvalue weighted by Gasteiger charge is 2.22. The van der Waals surface area contributed by atoms with Crippen LogP contribution in [0.1, 0.15) is 47.3 Å². The fourth-order valence-electron chi connectivity index (χ4n) is 4.45. The van der Waals surface area contributed by atoms with Crippen LogP contribution in [0.2, 0.25) is 0 Å². The third kappa shape index (κ3) is 5.39. The fourth-order valence-corrected chi connectivity index (χ4v) is 5.75. The molecule has 2 aromatic heterocycles. The van der Waals surface area contributed by atoms with Crippen LogP contribution in [-0.2, 0) is 17.8 Å². The Hall–Kier alpha value is -2.98. The molecule has 9 nitrogen and oxygen atoms in total. The van der Waals surface area contributed by atoms with Gasteiger partial charge in [-0.3, -0.25) is 4.79 Å². The van der Waals surface area contributed by atoms with Crippen LogP contribution in [0.5, 0.6) is 5.75 Å². The molecule has 3 heterocycles. The molecule has 182 valence electrons. The summed E-state index contributed by atoms with van der Waals surface area (Å²) in [6.07, 6.45) is 4.18. The zero-order valence-electron chi connectivity index (χ0n) is 19.8. The summed E-state index contributed by atoms with van der Waals surface area (Å²) in [5, 5.41) is 10.1. The lowest BCUT2D eigenvalue weighted by Gasteiger charge is -2.21. The quantitative estimate of drug-likeness (QED) is 0.257. The Morgan fingerprint density at radius 3 is 2.59 bits per heavy atom. The molecule has 3 aromatic rings. The molecule has 34 heavy (non-hydrogen) atoms. The number of nitrogens with one attached hydrogen (secondary N) is 1. The third-order valence-corrected chi connectivity index (χ3v) is 7.23. The van der Waals surface area contributed by atoms with Gasteiger partial charge in [0.2, 0.25) is 0 Å². The molecule has 1 N–H and O–H groups in total. The number of aryl methyl sites for hydroxylation is 2. The summed E-state index contributed by atoms with van der Waals surface area (Å²) in [6, 6.07) is 4.01. The van der Waals surface area contributed by atoms with Crippen molar-refractivity contribution in [2.45, 2.75) is 52.5 Å². The Morgan fingerprint density at radius 2 is 1.88 bits per heavy atom. The maximum absolute atomic E-state index is 13.0. The summed E-state index contributed by atoms with van der Waals surface area (Å²) in [5.74, 6) is 1.43. The SMILES string of the molecule is Cc1cc(-c2nc3sc4c(c3c(=O)[nH]2)CCN(C)C4)cc(C)c1OCCCCCCO[N+](=O)[O-]. The molecular formula is C24H30N4O5S. The van der Waals surface area contributed by atoms with E-state index in [0.29, 0.717) is 18.9 Å². The van der Waals surface area contributed by atoms with Gasteiger partial charge >= 0.3 is 0 Å². The Labute approximate surface area is 201 Å². The molecule has 0 fully saturated rings. The molecule has 1 aromatic carbocycles. The summed E-state index contributed by atoms with van der Waals surface area (Å²) in [6.45, 7) is 6.53. The van der Waals surface area contributed by atoms with Crippen molar-refractivity contribution in [1.29, 1.82) is 0 Å². The van der Waals surface area contributed by atoms with E-state index in [4.69, 9.17) is 9.72 Å². The van der Waals surface area contributed by atoms with Gasteiger partial charge in [0.25, 0.3) is 10.6 Å². The van der Waals surface area contributed by atoms with Gasteiger partial charge in [0, 0.05) is 23.5 Å². The summed E-state index contributed by atoms with van der Waals surface area (Å²) >= 11 is 1.62. The lowest BCUT2D eigenvalue weighted by molar-refractivity contribution is -0.757. The molecule has 0 amide bonds. The van der Waals surface area contributed by atoms with Crippen molar-refractivity contribution in [3.05, 3.63) is 54.2 Å². The molecule has 0 spiro atoms. The first kappa shape index (κ1) is 24.2. The van der Waals surface area contributed by atoms with Crippen molar-refractivity contribution in [1.82, 2.24) is 14.9 Å². The Kier molecular flexibility index (Phi) is 7.47. The van der Waals surface area contributed by atoms with Crippen LogP contribution < -0.4 is 10.3 Å². The third-order valence-electron chi connectivity index (χ3n) is 6.12. The highest BCUT2D eigenvalue weighted by molar-refractivity contribution is 7.18. The molecule has 0 saturated carbocycles. The van der Waals surface area contributed by atoms with Crippen molar-refractivity contribution >= 4 is 21.6 Å². The first-order chi connectivity index (χ1) is 16.3. The molecule has 1 aliphatic rings. The minimum absolute atomic E-state index is 0.0682. The van der Waals surface area contributed by atoms with Gasteiger partial charge in [-0.05, 0) is 69.0 Å². The van der Waals surface area contributed by atoms with Crippen molar-refractivity contribution in [3.8, 4) is 17.1 Å². The number of ether oxygens (including phenoxy) is 1. The second kappa shape index (κ2) is 10.5. The van der Waals surface area contributed by atoms with E-state index in [0.717, 1.165) is 77.0 Å². The number of unbranched alkanes of at least 4 members (excludes halogenated alkanes) is 3. The van der Waals surface area contributed by atoms with Crippen LogP contribution in [0.4, 0.5) is 0 Å². The van der Waals surface area contributed by atoms with Crippen LogP contribution in [-0.4, -0.2) is 46.8 Å². The molecule has 0 radical (unpaired) electrons. The van der Waals surface area contributed by atoms with E-state index in [1.165, 1.54) is 4.88 Å². The number of nitrogens with zero attached hydrogens (tertiary/aromatic N) is 3. The number of aromatic amines is 1. The zero-order chi connectivity index (χ0) is 24.2. The predicted molar refractivity (Wildman–Crippen MR) is 132 cm³/mol. The first-order valence-electron chi connectivity index (χ1n) is 11.6. The number of likely N-dealkylation sites (N-methyl/N-ethyl adjacent to an activating group) is 1. The van der Waals surface area contributed by atoms with Crippen LogP contribution in [0, 0.1) is 24.0 Å². The van der Waals surface area contributed by atoms with Gasteiger partial charge in [-0.15, -0.1) is 21.5 Å². The minimum Gasteiger partial charge on any atom is -0.493 e. The summed E-state index contributed by atoms with van der Waals surface area (Å²) in [4.78, 5) is 39.5. The van der Waals surface area contributed by atoms with Crippen molar-refractivity contribution in [2.75, 3.05) is 26.8 Å². The van der Waals surface area contributed by atoms with E-state index in [2.05, 4.69) is 21.8 Å². The summed E-state index contributed by atoms with van der Waals surface area (Å²) in [5.41, 5.74) is 3.94. The van der Waals surface area contributed by atoms with Crippen LogP contribution >= 0.6 is 11.3 Å². The normalized spacial score (nSPS) is 13.7.